The van der Waals surface area contributed by atoms with Crippen LogP contribution in [-0.2, 0) is 9.59 Å². The lowest BCUT2D eigenvalue weighted by atomic mass is 10.2. The fourth-order valence-corrected chi connectivity index (χ4v) is 1.52. The van der Waals surface area contributed by atoms with Crippen molar-refractivity contribution in [3.05, 3.63) is 24.3 Å². The highest BCUT2D eigenvalue weighted by atomic mass is 16.6. The molecule has 96 valence electrons. The maximum Gasteiger partial charge on any atom is 0.325 e. The summed E-state index contributed by atoms with van der Waals surface area (Å²) >= 11 is 0. The topological polar surface area (TPSA) is 84.9 Å². The summed E-state index contributed by atoms with van der Waals surface area (Å²) < 4.78 is 10.8. The van der Waals surface area contributed by atoms with Crippen molar-refractivity contribution in [1.29, 1.82) is 0 Å². The molecule has 0 saturated heterocycles. The van der Waals surface area contributed by atoms with Gasteiger partial charge in [-0.2, -0.15) is 0 Å². The van der Waals surface area contributed by atoms with Gasteiger partial charge in [0.1, 0.15) is 12.6 Å². The van der Waals surface area contributed by atoms with Crippen LogP contribution in [0.3, 0.4) is 0 Å². The molecule has 2 N–H and O–H groups in total. The number of carboxylic acids is 1. The maximum absolute atomic E-state index is 11.7. The fourth-order valence-electron chi connectivity index (χ4n) is 1.52. The molecular weight excluding hydrogens is 238 g/mol. The summed E-state index contributed by atoms with van der Waals surface area (Å²) in [5.74, 6) is -0.542. The van der Waals surface area contributed by atoms with Crippen LogP contribution in [0.2, 0.25) is 0 Å². The molecule has 6 nitrogen and oxygen atoms in total. The van der Waals surface area contributed by atoms with Gasteiger partial charge in [0, 0.05) is 0 Å². The van der Waals surface area contributed by atoms with E-state index in [0.717, 1.165) is 0 Å². The lowest BCUT2D eigenvalue weighted by molar-refractivity contribution is -0.143. The van der Waals surface area contributed by atoms with Gasteiger partial charge in [0.2, 0.25) is 6.10 Å². The van der Waals surface area contributed by atoms with Crippen molar-refractivity contribution in [3.63, 3.8) is 0 Å². The molecule has 0 bridgehead atoms. The van der Waals surface area contributed by atoms with E-state index in [1.165, 1.54) is 6.92 Å². The number of hydrogen-bond acceptors (Lipinski definition) is 4. The summed E-state index contributed by atoms with van der Waals surface area (Å²) in [6.07, 6.45) is -0.832. The number of carbonyl (C=O) groups excluding carboxylic acids is 1. The maximum atomic E-state index is 11.7. The molecule has 1 aliphatic rings. The largest absolute Gasteiger partial charge is 0.485 e. The molecule has 18 heavy (non-hydrogen) atoms. The van der Waals surface area contributed by atoms with Crippen molar-refractivity contribution >= 4 is 11.9 Å². The first-order chi connectivity index (χ1) is 8.58. The molecule has 0 spiro atoms. The number of benzene rings is 1. The molecule has 0 aromatic heterocycles. The number of rotatable bonds is 3. The Balaban J connectivity index is 2.00. The highest BCUT2D eigenvalue weighted by Gasteiger charge is 2.29. The van der Waals surface area contributed by atoms with Gasteiger partial charge in [0.05, 0.1) is 0 Å². The number of carboxylic acid groups (broad SMARTS) is 1. The van der Waals surface area contributed by atoms with Gasteiger partial charge in [-0.15, -0.1) is 0 Å². The Morgan fingerprint density at radius 2 is 2.06 bits per heavy atom. The van der Waals surface area contributed by atoms with E-state index < -0.39 is 24.0 Å². The molecule has 1 unspecified atom stereocenters. The van der Waals surface area contributed by atoms with Crippen LogP contribution >= 0.6 is 0 Å². The Morgan fingerprint density at radius 1 is 1.39 bits per heavy atom. The first kappa shape index (κ1) is 12.2. The average Bonchev–Trinajstić information content (AvgIpc) is 2.37. The first-order valence-electron chi connectivity index (χ1n) is 5.49. The molecule has 6 heteroatoms. The van der Waals surface area contributed by atoms with Gasteiger partial charge in [-0.1, -0.05) is 12.1 Å². The predicted octanol–water partition coefficient (Wildman–Crippen LogP) is 0.416. The van der Waals surface area contributed by atoms with E-state index in [2.05, 4.69) is 5.32 Å². The Hall–Kier alpha value is -2.24. The molecule has 1 aliphatic heterocycles. The standard InChI is InChI=1S/C12H13NO5/c1-7(12(15)16)13-11(14)10-6-17-8-4-2-3-5-9(8)18-10/h2-5,7,10H,6H2,1H3,(H,13,14)(H,15,16)/t7-,10?/m0/s1. The van der Waals surface area contributed by atoms with Crippen molar-refractivity contribution in [1.82, 2.24) is 5.32 Å². The highest BCUT2D eigenvalue weighted by Crippen LogP contribution is 2.30. The van der Waals surface area contributed by atoms with Crippen LogP contribution < -0.4 is 14.8 Å². The van der Waals surface area contributed by atoms with Gasteiger partial charge in [-0.05, 0) is 19.1 Å². The number of aliphatic carboxylic acids is 1. The van der Waals surface area contributed by atoms with Gasteiger partial charge in [0.15, 0.2) is 11.5 Å². The Bertz CT molecular complexity index is 473. The third-order valence-electron chi connectivity index (χ3n) is 2.53. The predicted molar refractivity (Wildman–Crippen MR) is 61.6 cm³/mol. The summed E-state index contributed by atoms with van der Waals surface area (Å²) in [7, 11) is 0. The van der Waals surface area contributed by atoms with Gasteiger partial charge in [-0.3, -0.25) is 9.59 Å². The Labute approximate surface area is 104 Å². The van der Waals surface area contributed by atoms with Crippen LogP contribution in [0.25, 0.3) is 0 Å². The molecule has 0 saturated carbocycles. The molecule has 1 heterocycles. The number of para-hydroxylation sites is 2. The van der Waals surface area contributed by atoms with Crippen LogP contribution in [0, 0.1) is 0 Å². The minimum atomic E-state index is -1.10. The van der Waals surface area contributed by atoms with Crippen LogP contribution in [0.1, 0.15) is 6.92 Å². The van der Waals surface area contributed by atoms with E-state index in [-0.39, 0.29) is 6.61 Å². The normalized spacial score (nSPS) is 18.8. The second kappa shape index (κ2) is 4.95. The van der Waals surface area contributed by atoms with E-state index in [0.29, 0.717) is 11.5 Å². The SMILES string of the molecule is C[C@H](NC(=O)C1COc2ccccc2O1)C(=O)O. The smallest absolute Gasteiger partial charge is 0.325 e. The molecule has 1 aromatic carbocycles. The molecule has 1 aromatic rings. The van der Waals surface area contributed by atoms with Crippen LogP contribution in [-0.4, -0.2) is 35.7 Å². The number of nitrogens with one attached hydrogen (secondary N) is 1. The third-order valence-corrected chi connectivity index (χ3v) is 2.53. The quantitative estimate of drug-likeness (QED) is 0.813. The second-order valence-corrected chi connectivity index (χ2v) is 3.93. The highest BCUT2D eigenvalue weighted by molar-refractivity contribution is 5.86. The minimum absolute atomic E-state index is 0.0647. The fraction of sp³-hybridized carbons (Fsp3) is 0.333. The van der Waals surface area contributed by atoms with Crippen LogP contribution in [0.4, 0.5) is 0 Å². The zero-order valence-corrected chi connectivity index (χ0v) is 9.75. The van der Waals surface area contributed by atoms with E-state index in [1.807, 2.05) is 0 Å². The Kier molecular flexibility index (Phi) is 3.36. The lowest BCUT2D eigenvalue weighted by Crippen LogP contribution is -2.49. The first-order valence-corrected chi connectivity index (χ1v) is 5.49. The van der Waals surface area contributed by atoms with E-state index in [4.69, 9.17) is 14.6 Å². The van der Waals surface area contributed by atoms with Crippen molar-refractivity contribution in [2.75, 3.05) is 6.61 Å². The number of amides is 1. The molecule has 0 radical (unpaired) electrons. The average molecular weight is 251 g/mol. The molecule has 0 aliphatic carbocycles. The summed E-state index contributed by atoms with van der Waals surface area (Å²) in [4.78, 5) is 22.4. The number of hydrogen-bond donors (Lipinski definition) is 2. The minimum Gasteiger partial charge on any atom is -0.485 e. The summed E-state index contributed by atoms with van der Waals surface area (Å²) in [5, 5.41) is 11.0. The van der Waals surface area contributed by atoms with Gasteiger partial charge >= 0.3 is 5.97 Å². The van der Waals surface area contributed by atoms with Crippen LogP contribution in [0.5, 0.6) is 11.5 Å². The molecule has 0 fully saturated rings. The molecule has 1 amide bonds. The van der Waals surface area contributed by atoms with Gasteiger partial charge in [-0.25, -0.2) is 0 Å². The third kappa shape index (κ3) is 2.53. The Morgan fingerprint density at radius 3 is 2.72 bits per heavy atom. The summed E-state index contributed by atoms with van der Waals surface area (Å²) in [6.45, 7) is 1.45. The van der Waals surface area contributed by atoms with Gasteiger partial charge < -0.3 is 19.9 Å². The van der Waals surface area contributed by atoms with E-state index in [1.54, 1.807) is 24.3 Å². The molecule has 2 atom stereocenters. The number of carbonyl (C=O) groups is 2. The van der Waals surface area contributed by atoms with E-state index in [9.17, 15) is 9.59 Å². The van der Waals surface area contributed by atoms with Crippen molar-refractivity contribution in [2.45, 2.75) is 19.1 Å². The summed E-state index contributed by atoms with van der Waals surface area (Å²) in [5.41, 5.74) is 0. The van der Waals surface area contributed by atoms with Crippen molar-refractivity contribution < 1.29 is 24.2 Å². The van der Waals surface area contributed by atoms with Gasteiger partial charge in [0.25, 0.3) is 5.91 Å². The van der Waals surface area contributed by atoms with Crippen LogP contribution in [0.15, 0.2) is 24.3 Å². The molecular formula is C12H13NO5. The van der Waals surface area contributed by atoms with Crippen molar-refractivity contribution in [3.8, 4) is 11.5 Å². The second-order valence-electron chi connectivity index (χ2n) is 3.93. The monoisotopic (exact) mass is 251 g/mol. The van der Waals surface area contributed by atoms with E-state index >= 15 is 0 Å². The van der Waals surface area contributed by atoms with Crippen molar-refractivity contribution in [2.24, 2.45) is 0 Å². The molecule has 2 rings (SSSR count). The zero-order chi connectivity index (χ0) is 13.1. The zero-order valence-electron chi connectivity index (χ0n) is 9.75. The lowest BCUT2D eigenvalue weighted by Gasteiger charge is -2.26. The number of ether oxygens (including phenoxy) is 2. The summed E-state index contributed by atoms with van der Waals surface area (Å²) in [6, 6.07) is 6.04. The number of fused-ring (bicyclic) bond motifs is 1.